The van der Waals surface area contributed by atoms with Gasteiger partial charge >= 0.3 is 0 Å². The maximum absolute atomic E-state index is 12.5. The summed E-state index contributed by atoms with van der Waals surface area (Å²) in [6, 6.07) is -1.52. The largest absolute Gasteiger partial charge is 0.369 e. The van der Waals surface area contributed by atoms with Crippen LogP contribution >= 0.6 is 12.6 Å². The molecule has 2 amide bonds. The van der Waals surface area contributed by atoms with Crippen molar-refractivity contribution in [3.05, 3.63) is 11.9 Å². The summed E-state index contributed by atoms with van der Waals surface area (Å²) in [6.45, 7) is 0.155. The summed E-state index contributed by atoms with van der Waals surface area (Å²) in [6.07, 6.45) is 2.42. The number of ketones is 1. The predicted molar refractivity (Wildman–Crippen MR) is 87.5 cm³/mol. The first-order valence-corrected chi connectivity index (χ1v) is 8.16. The van der Waals surface area contributed by atoms with Gasteiger partial charge in [0.25, 0.3) is 0 Å². The van der Waals surface area contributed by atoms with E-state index in [4.69, 9.17) is 11.6 Å². The van der Waals surface area contributed by atoms with Gasteiger partial charge in [0.15, 0.2) is 5.78 Å². The average molecular weight is 355 g/mol. The lowest BCUT2D eigenvalue weighted by molar-refractivity contribution is -0.129. The molecule has 0 spiro atoms. The molecule has 2 rings (SSSR count). The number of hydrogen-bond acceptors (Lipinski definition) is 8. The Labute approximate surface area is 144 Å². The summed E-state index contributed by atoms with van der Waals surface area (Å²) in [7, 11) is 0. The lowest BCUT2D eigenvalue weighted by Gasteiger charge is -2.22. The fraction of sp³-hybridized carbons (Fsp3) is 0.615. The Balaban J connectivity index is 2.18. The number of carbonyl (C=O) groups is 3. The molecule has 1 aliphatic rings. The summed E-state index contributed by atoms with van der Waals surface area (Å²) < 4.78 is 1.47. The minimum atomic E-state index is -0.797. The van der Waals surface area contributed by atoms with Crippen molar-refractivity contribution in [3.8, 4) is 0 Å². The van der Waals surface area contributed by atoms with Gasteiger partial charge in [0.05, 0.1) is 12.2 Å². The van der Waals surface area contributed by atoms with Crippen LogP contribution in [0.5, 0.6) is 0 Å². The molecule has 1 aromatic heterocycles. The van der Waals surface area contributed by atoms with Crippen molar-refractivity contribution in [2.75, 3.05) is 5.75 Å². The molecule has 0 fully saturated rings. The number of nitrogens with zero attached hydrogens (tertiary/aromatic N) is 3. The third kappa shape index (κ3) is 4.52. The number of carbonyl (C=O) groups excluding carboxylic acids is 3. The van der Waals surface area contributed by atoms with Gasteiger partial charge in [-0.05, 0) is 6.42 Å². The predicted octanol–water partition coefficient (Wildman–Crippen LogP) is -2.47. The molecular formula is C13H21N7O3S. The van der Waals surface area contributed by atoms with Gasteiger partial charge < -0.3 is 11.1 Å². The lowest BCUT2D eigenvalue weighted by atomic mass is 9.93. The summed E-state index contributed by atoms with van der Waals surface area (Å²) >= 11 is 4.03. The SMILES string of the molecule is NN[C@@H](CS)C(=O)N[C@H]1Cn2cc(nn2)C[C@@H](C(N)=O)CCC1=O. The van der Waals surface area contributed by atoms with E-state index in [9.17, 15) is 14.4 Å². The van der Waals surface area contributed by atoms with E-state index in [0.717, 1.165) is 0 Å². The lowest BCUT2D eigenvalue weighted by Crippen LogP contribution is -2.54. The number of nitrogens with two attached hydrogens (primary N) is 2. The Bertz CT molecular complexity index is 616. The highest BCUT2D eigenvalue weighted by Gasteiger charge is 2.28. The van der Waals surface area contributed by atoms with Crippen molar-refractivity contribution in [2.45, 2.75) is 37.9 Å². The first-order valence-electron chi connectivity index (χ1n) is 7.53. The second kappa shape index (κ2) is 8.22. The molecule has 0 saturated heterocycles. The van der Waals surface area contributed by atoms with Gasteiger partial charge in [-0.25, -0.2) is 10.1 Å². The highest BCUT2D eigenvalue weighted by molar-refractivity contribution is 7.80. The molecule has 10 nitrogen and oxygen atoms in total. The molecule has 2 heterocycles. The van der Waals surface area contributed by atoms with Gasteiger partial charge in [-0.1, -0.05) is 5.21 Å². The summed E-state index contributed by atoms with van der Waals surface area (Å²) in [5, 5.41) is 10.5. The van der Waals surface area contributed by atoms with E-state index >= 15 is 0 Å². The van der Waals surface area contributed by atoms with Gasteiger partial charge in [-0.2, -0.15) is 12.6 Å². The Morgan fingerprint density at radius 2 is 2.25 bits per heavy atom. The Hall–Kier alpha value is -1.98. The van der Waals surface area contributed by atoms with Crippen molar-refractivity contribution in [2.24, 2.45) is 17.5 Å². The van der Waals surface area contributed by atoms with E-state index in [1.54, 1.807) is 6.20 Å². The van der Waals surface area contributed by atoms with Crippen molar-refractivity contribution < 1.29 is 14.4 Å². The first-order chi connectivity index (χ1) is 11.4. The van der Waals surface area contributed by atoms with E-state index < -0.39 is 29.8 Å². The van der Waals surface area contributed by atoms with Crippen LogP contribution in [0.25, 0.3) is 0 Å². The molecular weight excluding hydrogens is 334 g/mol. The summed E-state index contributed by atoms with van der Waals surface area (Å²) in [4.78, 5) is 36.1. The zero-order valence-corrected chi connectivity index (χ0v) is 13.9. The van der Waals surface area contributed by atoms with Gasteiger partial charge in [0, 0.05) is 30.7 Å². The van der Waals surface area contributed by atoms with Crippen LogP contribution in [0.3, 0.4) is 0 Å². The molecule has 2 bridgehead atoms. The number of Topliss-reactive ketones (excluding diaryl/α,β-unsaturated/α-hetero) is 1. The zero-order chi connectivity index (χ0) is 17.7. The van der Waals surface area contributed by atoms with Crippen LogP contribution in [0.2, 0.25) is 0 Å². The molecule has 0 aliphatic carbocycles. The first kappa shape index (κ1) is 18.4. The molecule has 132 valence electrons. The molecule has 6 N–H and O–H groups in total. The van der Waals surface area contributed by atoms with Crippen LogP contribution < -0.4 is 22.3 Å². The van der Waals surface area contributed by atoms with E-state index in [0.29, 0.717) is 18.5 Å². The highest BCUT2D eigenvalue weighted by atomic mass is 32.1. The van der Waals surface area contributed by atoms with E-state index in [2.05, 4.69) is 33.7 Å². The van der Waals surface area contributed by atoms with Gasteiger partial charge in [0.1, 0.15) is 12.1 Å². The number of amides is 2. The number of aromatic nitrogens is 3. The topological polar surface area (TPSA) is 158 Å². The number of primary amides is 1. The molecule has 0 radical (unpaired) electrons. The second-order valence-electron chi connectivity index (χ2n) is 5.70. The smallest absolute Gasteiger partial charge is 0.239 e. The molecule has 0 saturated carbocycles. The Morgan fingerprint density at radius 1 is 1.50 bits per heavy atom. The third-order valence-electron chi connectivity index (χ3n) is 3.96. The van der Waals surface area contributed by atoms with Crippen molar-refractivity contribution >= 4 is 30.2 Å². The van der Waals surface area contributed by atoms with Crippen molar-refractivity contribution in [3.63, 3.8) is 0 Å². The van der Waals surface area contributed by atoms with Crippen LogP contribution in [0.15, 0.2) is 6.20 Å². The van der Waals surface area contributed by atoms with E-state index in [1.807, 2.05) is 0 Å². The van der Waals surface area contributed by atoms with Crippen LogP contribution in [-0.2, 0) is 27.3 Å². The average Bonchev–Trinajstić information content (AvgIpc) is 2.97. The number of thiol groups is 1. The minimum absolute atomic E-state index is 0.126. The molecule has 0 aromatic carbocycles. The number of hydrogen-bond donors (Lipinski definition) is 5. The highest BCUT2D eigenvalue weighted by Crippen LogP contribution is 2.16. The van der Waals surface area contributed by atoms with Gasteiger partial charge in [-0.3, -0.25) is 20.2 Å². The molecule has 0 unspecified atom stereocenters. The van der Waals surface area contributed by atoms with Crippen LogP contribution in [-0.4, -0.2) is 50.4 Å². The van der Waals surface area contributed by atoms with Gasteiger partial charge in [0.2, 0.25) is 11.8 Å². The number of hydrazine groups is 1. The fourth-order valence-corrected chi connectivity index (χ4v) is 2.78. The zero-order valence-electron chi connectivity index (χ0n) is 13.0. The maximum atomic E-state index is 12.5. The number of fused-ring (bicyclic) bond motifs is 2. The number of rotatable bonds is 5. The number of nitrogens with one attached hydrogen (secondary N) is 2. The van der Waals surface area contributed by atoms with E-state index in [-0.39, 0.29) is 24.5 Å². The summed E-state index contributed by atoms with van der Waals surface area (Å²) in [5.41, 5.74) is 8.33. The Morgan fingerprint density at radius 3 is 2.88 bits per heavy atom. The maximum Gasteiger partial charge on any atom is 0.239 e. The van der Waals surface area contributed by atoms with Crippen LogP contribution in [0.1, 0.15) is 18.5 Å². The van der Waals surface area contributed by atoms with Crippen LogP contribution in [0.4, 0.5) is 0 Å². The standard InChI is InChI=1S/C13H21N7O3S/c14-12(22)7-1-2-11(21)9(16-13(23)10(6-24)17-15)5-20-4-8(3-7)18-19-20/h4,7,9-10,17,24H,1-3,5-6,15H2,(H2,14,22)(H,16,23)/t7-,9-,10-/m0/s1. The third-order valence-corrected chi connectivity index (χ3v) is 4.32. The molecule has 1 aliphatic heterocycles. The molecule has 1 aromatic rings. The fourth-order valence-electron chi connectivity index (χ4n) is 2.51. The van der Waals surface area contributed by atoms with E-state index in [1.165, 1.54) is 4.68 Å². The van der Waals surface area contributed by atoms with Crippen molar-refractivity contribution in [1.29, 1.82) is 0 Å². The van der Waals surface area contributed by atoms with Crippen molar-refractivity contribution in [1.82, 2.24) is 25.7 Å². The Kier molecular flexibility index (Phi) is 6.29. The second-order valence-corrected chi connectivity index (χ2v) is 6.07. The monoisotopic (exact) mass is 355 g/mol. The summed E-state index contributed by atoms with van der Waals surface area (Å²) in [5.74, 6) is 3.85. The quantitative estimate of drug-likeness (QED) is 0.222. The van der Waals surface area contributed by atoms with Gasteiger partial charge in [-0.15, -0.1) is 5.10 Å². The molecule has 24 heavy (non-hydrogen) atoms. The molecule has 3 atom stereocenters. The molecule has 11 heteroatoms. The van der Waals surface area contributed by atoms with Crippen LogP contribution in [0, 0.1) is 5.92 Å². The minimum Gasteiger partial charge on any atom is -0.369 e. The normalized spacial score (nSPS) is 22.7.